The molecule has 0 radical (unpaired) electrons. The van der Waals surface area contributed by atoms with Gasteiger partial charge in [-0.2, -0.15) is 0 Å². The summed E-state index contributed by atoms with van der Waals surface area (Å²) in [7, 11) is 0. The van der Waals surface area contributed by atoms with Crippen molar-refractivity contribution >= 4 is 5.97 Å². The molecule has 13 heavy (non-hydrogen) atoms. The van der Waals surface area contributed by atoms with E-state index in [2.05, 4.69) is 0 Å². The maximum absolute atomic E-state index is 10.8. The van der Waals surface area contributed by atoms with E-state index in [1.807, 2.05) is 38.1 Å². The molecular weight excluding hydrogens is 164 g/mol. The standard InChI is InChI=1S/C11H14O2/c1-3-9(11(12)13)10-7-5-4-6-8(10)2/h4-7,9H,3H2,1-2H3,(H,12,13)/p-1. The van der Waals surface area contributed by atoms with Crippen molar-refractivity contribution in [3.8, 4) is 0 Å². The normalized spacial score (nSPS) is 12.5. The van der Waals surface area contributed by atoms with Crippen molar-refractivity contribution in [3.63, 3.8) is 0 Å². The lowest BCUT2D eigenvalue weighted by molar-refractivity contribution is -0.308. The highest BCUT2D eigenvalue weighted by Crippen LogP contribution is 2.21. The molecular formula is C11H13O2-. The minimum Gasteiger partial charge on any atom is -0.549 e. The summed E-state index contributed by atoms with van der Waals surface area (Å²) in [5.74, 6) is -1.46. The number of benzene rings is 1. The zero-order valence-electron chi connectivity index (χ0n) is 7.91. The maximum atomic E-state index is 10.8. The summed E-state index contributed by atoms with van der Waals surface area (Å²) in [5, 5.41) is 10.8. The molecule has 1 rings (SSSR count). The summed E-state index contributed by atoms with van der Waals surface area (Å²) in [4.78, 5) is 10.8. The molecule has 0 aliphatic carbocycles. The van der Waals surface area contributed by atoms with Gasteiger partial charge in [0, 0.05) is 11.9 Å². The monoisotopic (exact) mass is 177 g/mol. The van der Waals surface area contributed by atoms with Crippen LogP contribution < -0.4 is 5.11 Å². The van der Waals surface area contributed by atoms with E-state index in [1.165, 1.54) is 0 Å². The minimum atomic E-state index is -0.989. The quantitative estimate of drug-likeness (QED) is 0.696. The van der Waals surface area contributed by atoms with Gasteiger partial charge in [0.1, 0.15) is 0 Å². The summed E-state index contributed by atoms with van der Waals surface area (Å²) in [6.45, 7) is 3.77. The van der Waals surface area contributed by atoms with Gasteiger partial charge >= 0.3 is 0 Å². The molecule has 0 aliphatic heterocycles. The molecule has 0 aromatic heterocycles. The molecule has 2 heteroatoms. The Morgan fingerprint density at radius 2 is 2.08 bits per heavy atom. The fraction of sp³-hybridized carbons (Fsp3) is 0.364. The number of carboxylic acids is 1. The third-order valence-electron chi connectivity index (χ3n) is 2.26. The number of carbonyl (C=O) groups is 1. The van der Waals surface area contributed by atoms with Crippen molar-refractivity contribution in [2.75, 3.05) is 0 Å². The predicted molar refractivity (Wildman–Crippen MR) is 49.2 cm³/mol. The first-order chi connectivity index (χ1) is 6.16. The van der Waals surface area contributed by atoms with Crippen LogP contribution in [0.1, 0.15) is 30.4 Å². The fourth-order valence-corrected chi connectivity index (χ4v) is 1.49. The van der Waals surface area contributed by atoms with Crippen LogP contribution in [0.3, 0.4) is 0 Å². The number of rotatable bonds is 3. The van der Waals surface area contributed by atoms with E-state index in [0.29, 0.717) is 6.42 Å². The molecule has 0 spiro atoms. The van der Waals surface area contributed by atoms with Crippen LogP contribution in [-0.4, -0.2) is 5.97 Å². The molecule has 1 aromatic carbocycles. The lowest BCUT2D eigenvalue weighted by atomic mass is 9.93. The topological polar surface area (TPSA) is 40.1 Å². The molecule has 0 heterocycles. The first kappa shape index (κ1) is 9.78. The largest absolute Gasteiger partial charge is 0.549 e. The van der Waals surface area contributed by atoms with Crippen LogP contribution in [0.25, 0.3) is 0 Å². The van der Waals surface area contributed by atoms with Crippen molar-refractivity contribution in [2.45, 2.75) is 26.2 Å². The molecule has 2 nitrogen and oxygen atoms in total. The van der Waals surface area contributed by atoms with Gasteiger partial charge in [-0.25, -0.2) is 0 Å². The molecule has 0 N–H and O–H groups in total. The Hall–Kier alpha value is -1.31. The SMILES string of the molecule is CCC(C(=O)[O-])c1ccccc1C. The molecule has 0 amide bonds. The van der Waals surface area contributed by atoms with E-state index in [-0.39, 0.29) is 0 Å². The zero-order chi connectivity index (χ0) is 9.84. The van der Waals surface area contributed by atoms with Gasteiger partial charge in [0.05, 0.1) is 0 Å². The number of carboxylic acid groups (broad SMARTS) is 1. The molecule has 1 aromatic rings. The predicted octanol–water partition coefficient (Wildman–Crippen LogP) is 1.24. The maximum Gasteiger partial charge on any atom is 0.0489 e. The van der Waals surface area contributed by atoms with Crippen LogP contribution >= 0.6 is 0 Å². The molecule has 0 bridgehead atoms. The number of aliphatic carboxylic acids is 1. The van der Waals surface area contributed by atoms with Crippen LogP contribution in [0.4, 0.5) is 0 Å². The minimum absolute atomic E-state index is 0.471. The van der Waals surface area contributed by atoms with Crippen molar-refractivity contribution in [1.29, 1.82) is 0 Å². The fourth-order valence-electron chi connectivity index (χ4n) is 1.49. The second-order valence-electron chi connectivity index (χ2n) is 3.14. The van der Waals surface area contributed by atoms with E-state index < -0.39 is 11.9 Å². The third-order valence-corrected chi connectivity index (χ3v) is 2.26. The van der Waals surface area contributed by atoms with Gasteiger partial charge < -0.3 is 9.90 Å². The Bertz CT molecular complexity index is 305. The van der Waals surface area contributed by atoms with Gasteiger partial charge in [-0.15, -0.1) is 0 Å². The number of hydrogen-bond donors (Lipinski definition) is 0. The molecule has 0 saturated carbocycles. The van der Waals surface area contributed by atoms with Crippen molar-refractivity contribution < 1.29 is 9.90 Å². The van der Waals surface area contributed by atoms with E-state index >= 15 is 0 Å². The van der Waals surface area contributed by atoms with E-state index in [1.54, 1.807) is 0 Å². The van der Waals surface area contributed by atoms with E-state index in [4.69, 9.17) is 0 Å². The van der Waals surface area contributed by atoms with Crippen LogP contribution in [-0.2, 0) is 4.79 Å². The summed E-state index contributed by atoms with van der Waals surface area (Å²) >= 11 is 0. The average molecular weight is 177 g/mol. The zero-order valence-corrected chi connectivity index (χ0v) is 7.91. The molecule has 0 fully saturated rings. The van der Waals surface area contributed by atoms with Crippen LogP contribution in [0.2, 0.25) is 0 Å². The van der Waals surface area contributed by atoms with E-state index in [0.717, 1.165) is 11.1 Å². The Morgan fingerprint density at radius 3 is 2.54 bits per heavy atom. The first-order valence-corrected chi connectivity index (χ1v) is 4.43. The Labute approximate surface area is 78.2 Å². The Morgan fingerprint density at radius 1 is 1.46 bits per heavy atom. The highest BCUT2D eigenvalue weighted by atomic mass is 16.4. The van der Waals surface area contributed by atoms with Crippen LogP contribution in [0.15, 0.2) is 24.3 Å². The van der Waals surface area contributed by atoms with Gasteiger partial charge in [-0.3, -0.25) is 0 Å². The lowest BCUT2D eigenvalue weighted by Crippen LogP contribution is -2.29. The third kappa shape index (κ3) is 2.08. The Balaban J connectivity index is 3.04. The second-order valence-corrected chi connectivity index (χ2v) is 3.14. The van der Waals surface area contributed by atoms with Gasteiger partial charge in [-0.1, -0.05) is 31.2 Å². The molecule has 70 valence electrons. The van der Waals surface area contributed by atoms with Gasteiger partial charge in [0.25, 0.3) is 0 Å². The summed E-state index contributed by atoms with van der Waals surface area (Å²) < 4.78 is 0. The van der Waals surface area contributed by atoms with Crippen LogP contribution in [0, 0.1) is 6.92 Å². The smallest absolute Gasteiger partial charge is 0.0489 e. The summed E-state index contributed by atoms with van der Waals surface area (Å²) in [5.41, 5.74) is 1.88. The van der Waals surface area contributed by atoms with E-state index in [9.17, 15) is 9.90 Å². The molecule has 1 unspecified atom stereocenters. The summed E-state index contributed by atoms with van der Waals surface area (Å²) in [6, 6.07) is 7.52. The molecule has 0 aliphatic rings. The van der Waals surface area contributed by atoms with Gasteiger partial charge in [-0.05, 0) is 24.5 Å². The second kappa shape index (κ2) is 4.08. The highest BCUT2D eigenvalue weighted by molar-refractivity contribution is 5.74. The van der Waals surface area contributed by atoms with Gasteiger partial charge in [0.2, 0.25) is 0 Å². The van der Waals surface area contributed by atoms with Crippen molar-refractivity contribution in [1.82, 2.24) is 0 Å². The molecule has 0 saturated heterocycles. The number of hydrogen-bond acceptors (Lipinski definition) is 2. The van der Waals surface area contributed by atoms with Crippen molar-refractivity contribution in [2.24, 2.45) is 0 Å². The van der Waals surface area contributed by atoms with Crippen LogP contribution in [0.5, 0.6) is 0 Å². The highest BCUT2D eigenvalue weighted by Gasteiger charge is 2.11. The number of aryl methyl sites for hydroxylation is 1. The van der Waals surface area contributed by atoms with Gasteiger partial charge in [0.15, 0.2) is 0 Å². The summed E-state index contributed by atoms with van der Waals surface area (Å²) in [6.07, 6.45) is 0.577. The molecule has 1 atom stereocenters. The van der Waals surface area contributed by atoms with Crippen molar-refractivity contribution in [3.05, 3.63) is 35.4 Å². The lowest BCUT2D eigenvalue weighted by Gasteiger charge is -2.18. The average Bonchev–Trinajstić information content (AvgIpc) is 2.09. The Kier molecular flexibility index (Phi) is 3.07. The number of carbonyl (C=O) groups excluding carboxylic acids is 1. The first-order valence-electron chi connectivity index (χ1n) is 4.43.